The molecule has 8 atom stereocenters. The molecule has 0 saturated carbocycles. The van der Waals surface area contributed by atoms with Crippen molar-refractivity contribution < 1.29 is 68.8 Å². The van der Waals surface area contributed by atoms with Crippen molar-refractivity contribution in [2.45, 2.75) is 75.1 Å². The van der Waals surface area contributed by atoms with E-state index in [1.54, 1.807) is 25.3 Å². The number of rotatable bonds is 7. The van der Waals surface area contributed by atoms with Crippen LogP contribution >= 0.6 is 0 Å². The second-order valence-electron chi connectivity index (χ2n) is 14.4. The van der Waals surface area contributed by atoms with Crippen molar-refractivity contribution in [3.63, 3.8) is 0 Å². The monoisotopic (exact) mass is 773 g/mol. The second-order valence-corrected chi connectivity index (χ2v) is 14.4. The first-order valence-electron chi connectivity index (χ1n) is 17.7. The highest BCUT2D eigenvalue weighted by Crippen LogP contribution is 2.56. The van der Waals surface area contributed by atoms with E-state index in [1.807, 2.05) is 0 Å². The van der Waals surface area contributed by atoms with Gasteiger partial charge in [0.15, 0.2) is 23.2 Å². The molecule has 4 aliphatic rings. The maximum atomic E-state index is 14.8. The van der Waals surface area contributed by atoms with Crippen LogP contribution in [0.5, 0.6) is 11.5 Å². The minimum absolute atomic E-state index is 0.00279. The van der Waals surface area contributed by atoms with E-state index >= 15 is 0 Å². The predicted molar refractivity (Wildman–Crippen MR) is 191 cm³/mol. The summed E-state index contributed by atoms with van der Waals surface area (Å²) in [5, 5.41) is 71.2. The van der Waals surface area contributed by atoms with Gasteiger partial charge < -0.3 is 50.2 Å². The van der Waals surface area contributed by atoms with Crippen molar-refractivity contribution in [1.82, 2.24) is 10.3 Å². The number of hydrogen-bond donors (Lipinski definition) is 7. The molecule has 1 fully saturated rings. The molecule has 0 radical (unpaired) electrons. The molecule has 294 valence electrons. The number of pyridine rings is 1. The highest BCUT2D eigenvalue weighted by Gasteiger charge is 2.72. The Bertz CT molecular complexity index is 2240. The number of ketones is 4. The number of carbonyl (C=O) groups is 5. The molecule has 0 bridgehead atoms. The number of fused-ring (bicyclic) bond motifs is 5. The fraction of sp³-hybridized carbons (Fsp3) is 0.410. The smallest absolute Gasteiger partial charge is 0.255 e. The van der Waals surface area contributed by atoms with Gasteiger partial charge in [-0.1, -0.05) is 12.1 Å². The van der Waals surface area contributed by atoms with Gasteiger partial charge in [-0.15, -0.1) is 0 Å². The van der Waals surface area contributed by atoms with Crippen molar-refractivity contribution in [3.05, 3.63) is 86.7 Å². The number of aliphatic hydroxyl groups excluding tert-OH is 3. The van der Waals surface area contributed by atoms with Crippen LogP contribution in [0.15, 0.2) is 41.7 Å². The summed E-state index contributed by atoms with van der Waals surface area (Å²) in [6.45, 7) is 2.42. The summed E-state index contributed by atoms with van der Waals surface area (Å²) in [5.41, 5.74) is -9.49. The van der Waals surface area contributed by atoms with Crippen LogP contribution in [-0.2, 0) is 32.8 Å². The Labute approximate surface area is 318 Å². The molecule has 2 heterocycles. The molecule has 17 nitrogen and oxygen atoms in total. The number of amides is 1. The molecule has 1 amide bonds. The molecule has 17 heteroatoms. The van der Waals surface area contributed by atoms with E-state index in [0.717, 1.165) is 13.2 Å². The maximum absolute atomic E-state index is 14.8. The van der Waals surface area contributed by atoms with Crippen LogP contribution in [-0.4, -0.2) is 127 Å². The summed E-state index contributed by atoms with van der Waals surface area (Å²) >= 11 is 0. The standard InChI is InChI=1S/C39H39N3O14/c1-15-8-18-9-24(45)39(55-4)35(51)27-20(34(50)38(39,53)28(18)32(49)25(15)36(52)41-13-17-6-5-7-40-12-17)10-19-26(31(27)48)23(44)11-22(29(19)46)42-37-21(14-43)30(47)33(54-3)16(2)56-37/h5-8,10,12,16,21,24,30,33,37,43,45,47-49,53H,9,11,13-14H2,1-4H3,(H,41,52)/t16-,21+,24+,30-,33-,37-,38-,39+/m0/s1. The molecule has 0 spiro atoms. The summed E-state index contributed by atoms with van der Waals surface area (Å²) in [7, 11) is 2.27. The van der Waals surface area contributed by atoms with E-state index in [1.165, 1.54) is 26.3 Å². The number of aryl methyl sites for hydroxylation is 1. The van der Waals surface area contributed by atoms with Crippen LogP contribution in [0.3, 0.4) is 0 Å². The molecular weight excluding hydrogens is 734 g/mol. The van der Waals surface area contributed by atoms with Gasteiger partial charge in [0.2, 0.25) is 17.3 Å². The first-order chi connectivity index (χ1) is 26.6. The number of aliphatic imine (C=N–C) groups is 1. The Hall–Kier alpha value is -5.27. The zero-order valence-corrected chi connectivity index (χ0v) is 30.6. The second kappa shape index (κ2) is 14.0. The third-order valence-corrected chi connectivity index (χ3v) is 11.4. The largest absolute Gasteiger partial charge is 0.507 e. The number of hydrogen-bond acceptors (Lipinski definition) is 16. The lowest BCUT2D eigenvalue weighted by Crippen LogP contribution is -2.73. The van der Waals surface area contributed by atoms with Gasteiger partial charge in [0.05, 0.1) is 59.7 Å². The van der Waals surface area contributed by atoms with E-state index in [9.17, 15) is 54.6 Å². The lowest BCUT2D eigenvalue weighted by molar-refractivity contribution is -0.206. The Kier molecular flexibility index (Phi) is 9.77. The number of Topliss-reactive ketones (excluding diaryl/α,β-unsaturated/α-hetero) is 4. The molecule has 1 aromatic heterocycles. The van der Waals surface area contributed by atoms with Gasteiger partial charge in [0.25, 0.3) is 5.91 Å². The topological polar surface area (TPSA) is 272 Å². The van der Waals surface area contributed by atoms with Crippen molar-refractivity contribution in [2.75, 3.05) is 20.8 Å². The van der Waals surface area contributed by atoms with Crippen LogP contribution in [0.4, 0.5) is 0 Å². The third kappa shape index (κ3) is 5.37. The van der Waals surface area contributed by atoms with Crippen LogP contribution in [0, 0.1) is 12.8 Å². The van der Waals surface area contributed by atoms with E-state index in [2.05, 4.69) is 15.3 Å². The van der Waals surface area contributed by atoms with Crippen molar-refractivity contribution in [3.8, 4) is 11.5 Å². The Morgan fingerprint density at radius 2 is 1.80 bits per heavy atom. The zero-order chi connectivity index (χ0) is 40.6. The average Bonchev–Trinajstić information content (AvgIpc) is 3.15. The number of aromatic nitrogens is 1. The van der Waals surface area contributed by atoms with Gasteiger partial charge in [-0.05, 0) is 42.7 Å². The van der Waals surface area contributed by atoms with Gasteiger partial charge in [-0.3, -0.25) is 33.9 Å². The number of nitrogens with zero attached hydrogens (tertiary/aromatic N) is 2. The number of phenolic OH excluding ortho intramolecular Hbond substituents is 2. The van der Waals surface area contributed by atoms with Crippen molar-refractivity contribution >= 4 is 34.8 Å². The zero-order valence-electron chi connectivity index (χ0n) is 30.6. The highest BCUT2D eigenvalue weighted by atomic mass is 16.6. The first-order valence-corrected chi connectivity index (χ1v) is 17.7. The Morgan fingerprint density at radius 1 is 1.07 bits per heavy atom. The lowest BCUT2D eigenvalue weighted by Gasteiger charge is -2.53. The van der Waals surface area contributed by atoms with Gasteiger partial charge >= 0.3 is 0 Å². The normalized spacial score (nSPS) is 30.4. The fourth-order valence-corrected chi connectivity index (χ4v) is 8.64. The fourth-order valence-electron chi connectivity index (χ4n) is 8.64. The molecule has 2 aromatic carbocycles. The van der Waals surface area contributed by atoms with Gasteiger partial charge in [-0.25, -0.2) is 0 Å². The van der Waals surface area contributed by atoms with Gasteiger partial charge in [0.1, 0.15) is 17.6 Å². The van der Waals surface area contributed by atoms with E-state index in [0.29, 0.717) is 5.56 Å². The van der Waals surface area contributed by atoms with Crippen molar-refractivity contribution in [1.29, 1.82) is 0 Å². The SMILES string of the molecule is CO[C@@H]1[C@@H](O)[C@@H](CO)[C@@H](N=C2CC(=O)c3c(cc4c(c3O)C(=O)[C@]3(OC)[C@H](O)Cc5cc(C)c(C(=O)NCc6cccnc6)c(O)c5[C@]3(O)C4=O)C2=O)O[C@H]1C. The van der Waals surface area contributed by atoms with Crippen LogP contribution < -0.4 is 5.32 Å². The summed E-state index contributed by atoms with van der Waals surface area (Å²) in [4.78, 5) is 79.0. The van der Waals surface area contributed by atoms with Gasteiger partial charge in [0, 0.05) is 56.3 Å². The maximum Gasteiger partial charge on any atom is 0.255 e. The van der Waals surface area contributed by atoms with E-state index < -0.39 is 141 Å². The number of nitrogens with one attached hydrogen (secondary N) is 1. The number of carbonyl (C=O) groups excluding carboxylic acids is 5. The highest BCUT2D eigenvalue weighted by molar-refractivity contribution is 6.53. The Morgan fingerprint density at radius 3 is 2.45 bits per heavy atom. The summed E-state index contributed by atoms with van der Waals surface area (Å²) in [6, 6.07) is 5.57. The third-order valence-electron chi connectivity index (χ3n) is 11.4. The van der Waals surface area contributed by atoms with Crippen molar-refractivity contribution in [2.24, 2.45) is 10.9 Å². The van der Waals surface area contributed by atoms with Crippen LogP contribution in [0.1, 0.15) is 87.4 Å². The van der Waals surface area contributed by atoms with Gasteiger partial charge in [-0.2, -0.15) is 0 Å². The summed E-state index contributed by atoms with van der Waals surface area (Å²) in [6.07, 6.45) is -4.27. The van der Waals surface area contributed by atoms with Crippen LogP contribution in [0.2, 0.25) is 0 Å². The summed E-state index contributed by atoms with van der Waals surface area (Å²) < 4.78 is 16.7. The number of aromatic hydroxyl groups is 2. The quantitative estimate of drug-likeness (QED) is 0.169. The van der Waals surface area contributed by atoms with Crippen LogP contribution in [0.25, 0.3) is 0 Å². The molecule has 3 aromatic rings. The predicted octanol–water partition coefficient (Wildman–Crippen LogP) is 0.240. The first kappa shape index (κ1) is 39.0. The number of benzene rings is 2. The molecule has 7 rings (SSSR count). The van der Waals surface area contributed by atoms with E-state index in [-0.39, 0.29) is 23.2 Å². The number of aliphatic hydroxyl groups is 4. The molecule has 0 unspecified atom stereocenters. The number of methoxy groups -OCH3 is 2. The Balaban J connectivity index is 1.36. The minimum Gasteiger partial charge on any atom is -0.507 e. The molecule has 1 saturated heterocycles. The molecule has 3 aliphatic carbocycles. The number of ether oxygens (including phenoxy) is 3. The average molecular weight is 774 g/mol. The number of phenols is 2. The lowest BCUT2D eigenvalue weighted by atomic mass is 9.56. The molecule has 56 heavy (non-hydrogen) atoms. The van der Waals surface area contributed by atoms with E-state index in [4.69, 9.17) is 14.2 Å². The molecule has 7 N–H and O–H groups in total. The molecule has 1 aliphatic heterocycles. The minimum atomic E-state index is -3.26. The summed E-state index contributed by atoms with van der Waals surface area (Å²) in [5.74, 6) is -8.46. The molecular formula is C39H39N3O14.